The van der Waals surface area contributed by atoms with Crippen LogP contribution >= 0.6 is 0 Å². The molecule has 4 aromatic rings. The summed E-state index contributed by atoms with van der Waals surface area (Å²) >= 11 is 0. The molecule has 1 aromatic heterocycles. The van der Waals surface area contributed by atoms with Gasteiger partial charge in [-0.1, -0.05) is 37.3 Å². The SMILES string of the molecule is CCc1cccc(C)c1NC(=O)COC(=O)c1cn(-c2ccc(F)cc2)nc1-c1cccc(OC)c1. The number of aromatic nitrogens is 2. The van der Waals surface area contributed by atoms with E-state index in [1.807, 2.05) is 32.0 Å². The van der Waals surface area contributed by atoms with Crippen LogP contribution in [0.4, 0.5) is 10.1 Å². The van der Waals surface area contributed by atoms with Gasteiger partial charge in [-0.2, -0.15) is 5.10 Å². The van der Waals surface area contributed by atoms with Gasteiger partial charge in [0, 0.05) is 17.4 Å². The van der Waals surface area contributed by atoms with Crippen molar-refractivity contribution in [2.45, 2.75) is 20.3 Å². The minimum absolute atomic E-state index is 0.158. The Balaban J connectivity index is 1.59. The summed E-state index contributed by atoms with van der Waals surface area (Å²) in [5, 5.41) is 7.39. The molecule has 0 fully saturated rings. The first-order chi connectivity index (χ1) is 17.4. The lowest BCUT2D eigenvalue weighted by atomic mass is 10.1. The van der Waals surface area contributed by atoms with Crippen molar-refractivity contribution in [2.24, 2.45) is 0 Å². The van der Waals surface area contributed by atoms with Crippen molar-refractivity contribution < 1.29 is 23.5 Å². The Bertz CT molecular complexity index is 1400. The number of rotatable bonds is 8. The van der Waals surface area contributed by atoms with Crippen LogP contribution in [0.15, 0.2) is 72.9 Å². The molecule has 1 heterocycles. The molecule has 7 nitrogen and oxygen atoms in total. The third-order valence-electron chi connectivity index (χ3n) is 5.71. The second-order valence-electron chi connectivity index (χ2n) is 8.13. The summed E-state index contributed by atoms with van der Waals surface area (Å²) in [6.45, 7) is 3.45. The van der Waals surface area contributed by atoms with E-state index >= 15 is 0 Å². The number of para-hydroxylation sites is 1. The second kappa shape index (κ2) is 10.9. The summed E-state index contributed by atoms with van der Waals surface area (Å²) in [6.07, 6.45) is 2.25. The molecule has 0 saturated carbocycles. The molecule has 36 heavy (non-hydrogen) atoms. The van der Waals surface area contributed by atoms with Crippen LogP contribution in [0.3, 0.4) is 0 Å². The van der Waals surface area contributed by atoms with Gasteiger partial charge < -0.3 is 14.8 Å². The number of hydrogen-bond acceptors (Lipinski definition) is 5. The van der Waals surface area contributed by atoms with E-state index in [9.17, 15) is 14.0 Å². The number of nitrogens with one attached hydrogen (secondary N) is 1. The number of halogens is 1. The average Bonchev–Trinajstić information content (AvgIpc) is 3.34. The minimum atomic E-state index is -0.711. The van der Waals surface area contributed by atoms with Crippen molar-refractivity contribution >= 4 is 17.6 Å². The smallest absolute Gasteiger partial charge is 0.342 e. The van der Waals surface area contributed by atoms with Crippen molar-refractivity contribution in [3.8, 4) is 22.7 Å². The number of anilines is 1. The number of esters is 1. The summed E-state index contributed by atoms with van der Waals surface area (Å²) in [6, 6.07) is 18.6. The molecule has 8 heteroatoms. The number of nitrogens with zero attached hydrogens (tertiary/aromatic N) is 2. The van der Waals surface area contributed by atoms with E-state index in [2.05, 4.69) is 10.4 Å². The van der Waals surface area contributed by atoms with Crippen LogP contribution in [0.5, 0.6) is 5.75 Å². The van der Waals surface area contributed by atoms with E-state index in [4.69, 9.17) is 9.47 Å². The molecule has 0 saturated heterocycles. The molecule has 0 bridgehead atoms. The Labute approximate surface area is 208 Å². The highest BCUT2D eigenvalue weighted by Crippen LogP contribution is 2.28. The molecule has 0 aliphatic rings. The van der Waals surface area contributed by atoms with Gasteiger partial charge in [0.25, 0.3) is 5.91 Å². The third-order valence-corrected chi connectivity index (χ3v) is 5.71. The highest BCUT2D eigenvalue weighted by Gasteiger charge is 2.22. The van der Waals surface area contributed by atoms with Gasteiger partial charge in [-0.15, -0.1) is 0 Å². The first-order valence-corrected chi connectivity index (χ1v) is 11.4. The number of hydrogen-bond donors (Lipinski definition) is 1. The van der Waals surface area contributed by atoms with Crippen LogP contribution in [-0.2, 0) is 16.0 Å². The Morgan fingerprint density at radius 3 is 2.53 bits per heavy atom. The van der Waals surface area contributed by atoms with Crippen molar-refractivity contribution in [2.75, 3.05) is 19.0 Å². The van der Waals surface area contributed by atoms with Crippen LogP contribution in [0.2, 0.25) is 0 Å². The van der Waals surface area contributed by atoms with Crippen LogP contribution in [0, 0.1) is 12.7 Å². The van der Waals surface area contributed by atoms with Gasteiger partial charge in [0.2, 0.25) is 0 Å². The number of carbonyl (C=O) groups excluding carboxylic acids is 2. The van der Waals surface area contributed by atoms with Gasteiger partial charge in [0.1, 0.15) is 22.8 Å². The van der Waals surface area contributed by atoms with Crippen molar-refractivity contribution in [3.05, 3.63) is 95.4 Å². The summed E-state index contributed by atoms with van der Waals surface area (Å²) in [5.74, 6) is -0.949. The fourth-order valence-corrected chi connectivity index (χ4v) is 3.82. The molecular weight excluding hydrogens is 461 g/mol. The molecule has 1 amide bonds. The lowest BCUT2D eigenvalue weighted by Gasteiger charge is -2.13. The molecule has 0 radical (unpaired) electrons. The summed E-state index contributed by atoms with van der Waals surface area (Å²) in [5.41, 5.74) is 4.33. The van der Waals surface area contributed by atoms with Crippen molar-refractivity contribution in [1.82, 2.24) is 9.78 Å². The van der Waals surface area contributed by atoms with Gasteiger partial charge >= 0.3 is 5.97 Å². The maximum absolute atomic E-state index is 13.4. The monoisotopic (exact) mass is 487 g/mol. The van der Waals surface area contributed by atoms with E-state index in [-0.39, 0.29) is 11.4 Å². The van der Waals surface area contributed by atoms with Crippen LogP contribution in [0.1, 0.15) is 28.4 Å². The molecule has 1 N–H and O–H groups in total. The van der Waals surface area contributed by atoms with E-state index in [0.29, 0.717) is 22.7 Å². The highest BCUT2D eigenvalue weighted by atomic mass is 19.1. The van der Waals surface area contributed by atoms with E-state index in [1.54, 1.807) is 43.5 Å². The lowest BCUT2D eigenvalue weighted by Crippen LogP contribution is -2.22. The Hall–Kier alpha value is -4.46. The standard InChI is InChI=1S/C28H26FN3O4/c1-4-19-8-5-7-18(2)26(19)30-25(33)17-36-28(34)24-16-32(22-13-11-21(29)12-14-22)31-27(24)20-9-6-10-23(15-20)35-3/h5-16H,4,17H2,1-3H3,(H,30,33). The first kappa shape index (κ1) is 24.7. The van der Waals surface area contributed by atoms with Crippen molar-refractivity contribution in [1.29, 1.82) is 0 Å². The van der Waals surface area contributed by atoms with E-state index in [1.165, 1.54) is 23.0 Å². The molecule has 3 aromatic carbocycles. The molecule has 0 atom stereocenters. The normalized spacial score (nSPS) is 10.7. The fourth-order valence-electron chi connectivity index (χ4n) is 3.82. The Morgan fingerprint density at radius 1 is 1.06 bits per heavy atom. The van der Waals surface area contributed by atoms with Gasteiger partial charge in [-0.25, -0.2) is 13.9 Å². The van der Waals surface area contributed by atoms with Gasteiger partial charge in [0.05, 0.1) is 12.8 Å². The number of ether oxygens (including phenoxy) is 2. The first-order valence-electron chi connectivity index (χ1n) is 11.4. The second-order valence-corrected chi connectivity index (χ2v) is 8.13. The summed E-state index contributed by atoms with van der Waals surface area (Å²) < 4.78 is 25.5. The number of aryl methyl sites for hydroxylation is 2. The maximum atomic E-state index is 13.4. The molecule has 4 rings (SSSR count). The average molecular weight is 488 g/mol. The number of carbonyl (C=O) groups is 2. The highest BCUT2D eigenvalue weighted by molar-refractivity contribution is 5.99. The molecular formula is C28H26FN3O4. The minimum Gasteiger partial charge on any atom is -0.497 e. The molecule has 0 aliphatic carbocycles. The lowest BCUT2D eigenvalue weighted by molar-refractivity contribution is -0.119. The maximum Gasteiger partial charge on any atom is 0.342 e. The zero-order chi connectivity index (χ0) is 25.7. The van der Waals surface area contributed by atoms with Crippen molar-refractivity contribution in [3.63, 3.8) is 0 Å². The fraction of sp³-hybridized carbons (Fsp3) is 0.179. The van der Waals surface area contributed by atoms with Crippen LogP contribution < -0.4 is 10.1 Å². The quantitative estimate of drug-likeness (QED) is 0.339. The zero-order valence-electron chi connectivity index (χ0n) is 20.2. The van der Waals surface area contributed by atoms with Crippen LogP contribution in [-0.4, -0.2) is 35.4 Å². The predicted octanol–water partition coefficient (Wildman–Crippen LogP) is 5.35. The third kappa shape index (κ3) is 5.43. The number of benzene rings is 3. The summed E-state index contributed by atoms with van der Waals surface area (Å²) in [4.78, 5) is 25.7. The topological polar surface area (TPSA) is 82.5 Å². The summed E-state index contributed by atoms with van der Waals surface area (Å²) in [7, 11) is 1.54. The van der Waals surface area contributed by atoms with E-state index < -0.39 is 18.5 Å². The largest absolute Gasteiger partial charge is 0.497 e. The van der Waals surface area contributed by atoms with Gasteiger partial charge in [-0.3, -0.25) is 4.79 Å². The zero-order valence-corrected chi connectivity index (χ0v) is 20.2. The van der Waals surface area contributed by atoms with Gasteiger partial charge in [-0.05, 0) is 60.9 Å². The molecule has 184 valence electrons. The predicted molar refractivity (Wildman–Crippen MR) is 135 cm³/mol. The Morgan fingerprint density at radius 2 is 1.81 bits per heavy atom. The number of amides is 1. The Kier molecular flexibility index (Phi) is 7.44. The molecule has 0 spiro atoms. The molecule has 0 aliphatic heterocycles. The van der Waals surface area contributed by atoms with E-state index in [0.717, 1.165) is 23.2 Å². The van der Waals surface area contributed by atoms with Gasteiger partial charge in [0.15, 0.2) is 6.61 Å². The molecule has 0 unspecified atom stereocenters. The van der Waals surface area contributed by atoms with Crippen LogP contribution in [0.25, 0.3) is 16.9 Å². The number of methoxy groups -OCH3 is 1.